The summed E-state index contributed by atoms with van der Waals surface area (Å²) in [5.74, 6) is -0.449. The van der Waals surface area contributed by atoms with E-state index in [4.69, 9.17) is 0 Å². The van der Waals surface area contributed by atoms with E-state index in [0.717, 1.165) is 6.08 Å². The Morgan fingerprint density at radius 2 is 2.20 bits per heavy atom. The van der Waals surface area contributed by atoms with Gasteiger partial charge in [0.25, 0.3) is 0 Å². The molecule has 0 aliphatic carbocycles. The van der Waals surface area contributed by atoms with Crippen LogP contribution < -0.4 is 0 Å². The van der Waals surface area contributed by atoms with E-state index in [-0.39, 0.29) is 0 Å². The first kappa shape index (κ1) is 8.62. The number of allylic oxidation sites excluding steroid dienone is 3. The Bertz CT molecular complexity index is 168. The van der Waals surface area contributed by atoms with Crippen LogP contribution >= 0.6 is 0 Å². The molecule has 0 bridgehead atoms. The molecule has 0 aliphatic heterocycles. The zero-order chi connectivity index (χ0) is 7.82. The fraction of sp³-hybridized carbons (Fsp3) is 0.143. The minimum absolute atomic E-state index is 0.449. The van der Waals surface area contributed by atoms with Gasteiger partial charge in [-0.1, -0.05) is 12.2 Å². The summed E-state index contributed by atoms with van der Waals surface area (Å²) in [7, 11) is 1.28. The highest BCUT2D eigenvalue weighted by atomic mass is 16.5. The van der Waals surface area contributed by atoms with Crippen LogP contribution in [0.1, 0.15) is 0 Å². The van der Waals surface area contributed by atoms with Gasteiger partial charge in [0.15, 0.2) is 0 Å². The number of hydrogen-bond donors (Lipinski definition) is 0. The molecule has 3 nitrogen and oxygen atoms in total. The van der Waals surface area contributed by atoms with Gasteiger partial charge in [-0.15, -0.1) is 0 Å². The molecule has 0 amide bonds. The summed E-state index contributed by atoms with van der Waals surface area (Å²) in [6.45, 7) is 0. The van der Waals surface area contributed by atoms with Crippen molar-refractivity contribution in [1.29, 1.82) is 0 Å². The molecule has 0 rings (SSSR count). The third-order valence-electron chi connectivity index (χ3n) is 0.709. The molecule has 0 atom stereocenters. The fourth-order valence-electron chi connectivity index (χ4n) is 0.297. The van der Waals surface area contributed by atoms with Gasteiger partial charge in [0.1, 0.15) is 0 Å². The van der Waals surface area contributed by atoms with Crippen LogP contribution in [0.2, 0.25) is 0 Å². The minimum Gasteiger partial charge on any atom is -0.466 e. The van der Waals surface area contributed by atoms with Crippen LogP contribution in [0.25, 0.3) is 0 Å². The molecule has 0 spiro atoms. The van der Waals surface area contributed by atoms with Crippen molar-refractivity contribution >= 4 is 12.3 Å². The quantitative estimate of drug-likeness (QED) is 0.322. The molecule has 0 heterocycles. The summed E-state index contributed by atoms with van der Waals surface area (Å²) in [5, 5.41) is 0. The van der Waals surface area contributed by atoms with Crippen LogP contribution in [-0.2, 0) is 14.3 Å². The molecule has 0 fully saturated rings. The lowest BCUT2D eigenvalue weighted by atomic mass is 10.4. The lowest BCUT2D eigenvalue weighted by molar-refractivity contribution is -0.134. The van der Waals surface area contributed by atoms with Gasteiger partial charge in [0, 0.05) is 6.08 Å². The molecule has 0 saturated heterocycles. The average Bonchev–Trinajstić information content (AvgIpc) is 1.98. The summed E-state index contributed by atoms with van der Waals surface area (Å²) in [6, 6.07) is 0. The predicted octanol–water partition coefficient (Wildman–Crippen LogP) is 0.381. The molecule has 0 N–H and O–H groups in total. The Hall–Kier alpha value is -1.38. The Balaban J connectivity index is 3.65. The molecular formula is C7H7O3. The Labute approximate surface area is 59.0 Å². The van der Waals surface area contributed by atoms with Crippen molar-refractivity contribution in [3.05, 3.63) is 24.3 Å². The SMILES string of the molecule is COC(=O)/C=C/C=C/[C]=O. The molecule has 0 aromatic carbocycles. The van der Waals surface area contributed by atoms with Crippen molar-refractivity contribution in [2.45, 2.75) is 0 Å². The van der Waals surface area contributed by atoms with E-state index in [1.807, 2.05) is 0 Å². The summed E-state index contributed by atoms with van der Waals surface area (Å²) in [6.07, 6.45) is 6.67. The summed E-state index contributed by atoms with van der Waals surface area (Å²) in [5.41, 5.74) is 0. The molecule has 0 saturated carbocycles. The Morgan fingerprint density at radius 3 is 2.70 bits per heavy atom. The lowest BCUT2D eigenvalue weighted by Gasteiger charge is -1.85. The maximum Gasteiger partial charge on any atom is 0.330 e. The molecule has 0 aromatic heterocycles. The number of methoxy groups -OCH3 is 1. The highest BCUT2D eigenvalue weighted by Crippen LogP contribution is 1.78. The topological polar surface area (TPSA) is 43.4 Å². The molecule has 0 unspecified atom stereocenters. The van der Waals surface area contributed by atoms with E-state index in [9.17, 15) is 9.59 Å². The zero-order valence-corrected chi connectivity index (χ0v) is 5.53. The second-order valence-electron chi connectivity index (χ2n) is 1.36. The van der Waals surface area contributed by atoms with Gasteiger partial charge >= 0.3 is 5.97 Å². The fourth-order valence-corrected chi connectivity index (χ4v) is 0.297. The maximum atomic E-state index is 10.3. The lowest BCUT2D eigenvalue weighted by Crippen LogP contribution is -1.92. The molecule has 1 radical (unpaired) electrons. The third kappa shape index (κ3) is 4.77. The molecule has 10 heavy (non-hydrogen) atoms. The Kier molecular flexibility index (Phi) is 4.96. The van der Waals surface area contributed by atoms with Gasteiger partial charge in [0.2, 0.25) is 6.29 Å². The average molecular weight is 139 g/mol. The Morgan fingerprint density at radius 1 is 1.50 bits per heavy atom. The smallest absolute Gasteiger partial charge is 0.330 e. The van der Waals surface area contributed by atoms with Crippen LogP contribution in [0, 0.1) is 0 Å². The predicted molar refractivity (Wildman–Crippen MR) is 36.0 cm³/mol. The summed E-state index contributed by atoms with van der Waals surface area (Å²) >= 11 is 0. The van der Waals surface area contributed by atoms with Crippen molar-refractivity contribution in [2.75, 3.05) is 7.11 Å². The van der Waals surface area contributed by atoms with E-state index >= 15 is 0 Å². The van der Waals surface area contributed by atoms with E-state index in [1.165, 1.54) is 31.6 Å². The van der Waals surface area contributed by atoms with Crippen LogP contribution in [0.5, 0.6) is 0 Å². The molecule has 0 aliphatic rings. The zero-order valence-electron chi connectivity index (χ0n) is 5.53. The number of carbonyl (C=O) groups excluding carboxylic acids is 2. The van der Waals surface area contributed by atoms with Crippen LogP contribution in [0.15, 0.2) is 24.3 Å². The minimum atomic E-state index is -0.449. The van der Waals surface area contributed by atoms with Crippen molar-refractivity contribution < 1.29 is 14.3 Å². The second kappa shape index (κ2) is 5.75. The van der Waals surface area contributed by atoms with Crippen molar-refractivity contribution in [3.8, 4) is 0 Å². The van der Waals surface area contributed by atoms with Crippen molar-refractivity contribution in [1.82, 2.24) is 0 Å². The first-order chi connectivity index (χ1) is 4.81. The van der Waals surface area contributed by atoms with Crippen molar-refractivity contribution in [3.63, 3.8) is 0 Å². The molecular weight excluding hydrogens is 132 g/mol. The molecule has 0 aromatic rings. The molecule has 3 heteroatoms. The number of esters is 1. The van der Waals surface area contributed by atoms with Gasteiger partial charge in [-0.2, -0.15) is 0 Å². The highest BCUT2D eigenvalue weighted by Gasteiger charge is 1.85. The van der Waals surface area contributed by atoms with E-state index in [0.29, 0.717) is 0 Å². The van der Waals surface area contributed by atoms with E-state index < -0.39 is 5.97 Å². The van der Waals surface area contributed by atoms with Gasteiger partial charge < -0.3 is 4.74 Å². The van der Waals surface area contributed by atoms with E-state index in [2.05, 4.69) is 4.74 Å². The number of hydrogen-bond acceptors (Lipinski definition) is 3. The van der Waals surface area contributed by atoms with Gasteiger partial charge in [0.05, 0.1) is 7.11 Å². The third-order valence-corrected chi connectivity index (χ3v) is 0.709. The normalized spacial score (nSPS) is 10.5. The number of carbonyl (C=O) groups is 1. The first-order valence-corrected chi connectivity index (χ1v) is 2.60. The standard InChI is InChI=1S/C7H7O3/c1-10-7(9)5-3-2-4-6-8/h2-5H,1H3/b4-2+,5-3+. The summed E-state index contributed by atoms with van der Waals surface area (Å²) in [4.78, 5) is 19.9. The summed E-state index contributed by atoms with van der Waals surface area (Å²) < 4.78 is 4.27. The van der Waals surface area contributed by atoms with Crippen LogP contribution in [0.4, 0.5) is 0 Å². The van der Waals surface area contributed by atoms with Crippen LogP contribution in [-0.4, -0.2) is 19.4 Å². The highest BCUT2D eigenvalue weighted by molar-refractivity contribution is 5.82. The van der Waals surface area contributed by atoms with Crippen LogP contribution in [0.3, 0.4) is 0 Å². The number of rotatable bonds is 3. The first-order valence-electron chi connectivity index (χ1n) is 2.60. The largest absolute Gasteiger partial charge is 0.466 e. The second-order valence-corrected chi connectivity index (χ2v) is 1.36. The molecule has 53 valence electrons. The number of ether oxygens (including phenoxy) is 1. The monoisotopic (exact) mass is 139 g/mol. The van der Waals surface area contributed by atoms with E-state index in [1.54, 1.807) is 0 Å². The van der Waals surface area contributed by atoms with Crippen molar-refractivity contribution in [2.24, 2.45) is 0 Å². The van der Waals surface area contributed by atoms with Gasteiger partial charge in [-0.25, -0.2) is 4.79 Å². The maximum absolute atomic E-state index is 10.3. The van der Waals surface area contributed by atoms with Gasteiger partial charge in [-0.05, 0) is 6.08 Å². The van der Waals surface area contributed by atoms with Gasteiger partial charge in [-0.3, -0.25) is 4.79 Å².